The molecule has 94 valence electrons. The summed E-state index contributed by atoms with van der Waals surface area (Å²) < 4.78 is 5.68. The molecule has 0 atom stereocenters. The molecule has 1 aliphatic carbocycles. The van der Waals surface area contributed by atoms with Crippen molar-refractivity contribution in [2.45, 2.75) is 37.8 Å². The Labute approximate surface area is 107 Å². The third-order valence-corrected chi connectivity index (χ3v) is 3.51. The van der Waals surface area contributed by atoms with E-state index < -0.39 is 5.60 Å². The van der Waals surface area contributed by atoms with Gasteiger partial charge in [0.15, 0.2) is 0 Å². The Kier molecular flexibility index (Phi) is 3.92. The zero-order chi connectivity index (χ0) is 12.3. The average molecular weight is 256 g/mol. The van der Waals surface area contributed by atoms with E-state index in [0.717, 1.165) is 37.0 Å². The second kappa shape index (κ2) is 5.25. The zero-order valence-corrected chi connectivity index (χ0v) is 10.5. The van der Waals surface area contributed by atoms with Gasteiger partial charge in [-0.2, -0.15) is 0 Å². The van der Waals surface area contributed by atoms with Crippen molar-refractivity contribution in [1.82, 2.24) is 0 Å². The quantitative estimate of drug-likeness (QED) is 0.869. The standard InChI is InChI=1S/C13H18ClNO2/c14-11-3-4-12(10(7-11)8-15)17-9-13(16)5-1-2-6-13/h3-4,7,16H,1-2,5-6,8-9,15H2. The number of hydrogen-bond donors (Lipinski definition) is 2. The normalized spacial score (nSPS) is 18.3. The van der Waals surface area contributed by atoms with Crippen LogP contribution in [0.25, 0.3) is 0 Å². The monoisotopic (exact) mass is 255 g/mol. The maximum Gasteiger partial charge on any atom is 0.124 e. The molecule has 0 spiro atoms. The molecule has 0 saturated heterocycles. The first-order chi connectivity index (χ1) is 8.13. The smallest absolute Gasteiger partial charge is 0.124 e. The lowest BCUT2D eigenvalue weighted by Gasteiger charge is -2.23. The predicted octanol–water partition coefficient (Wildman–Crippen LogP) is 2.48. The summed E-state index contributed by atoms with van der Waals surface area (Å²) in [6.07, 6.45) is 3.78. The predicted molar refractivity (Wildman–Crippen MR) is 68.3 cm³/mol. The summed E-state index contributed by atoms with van der Waals surface area (Å²) in [7, 11) is 0. The molecule has 1 aromatic rings. The Morgan fingerprint density at radius 2 is 2.06 bits per heavy atom. The zero-order valence-electron chi connectivity index (χ0n) is 9.79. The fourth-order valence-corrected chi connectivity index (χ4v) is 2.43. The fourth-order valence-electron chi connectivity index (χ4n) is 2.24. The van der Waals surface area contributed by atoms with Crippen molar-refractivity contribution >= 4 is 11.6 Å². The molecule has 1 fully saturated rings. The number of halogens is 1. The van der Waals surface area contributed by atoms with Gasteiger partial charge < -0.3 is 15.6 Å². The minimum absolute atomic E-state index is 0.335. The summed E-state index contributed by atoms with van der Waals surface area (Å²) in [5.74, 6) is 0.720. The van der Waals surface area contributed by atoms with Gasteiger partial charge >= 0.3 is 0 Å². The average Bonchev–Trinajstić information content (AvgIpc) is 2.75. The summed E-state index contributed by atoms with van der Waals surface area (Å²) in [4.78, 5) is 0. The van der Waals surface area contributed by atoms with E-state index in [-0.39, 0.29) is 0 Å². The summed E-state index contributed by atoms with van der Waals surface area (Å²) >= 11 is 5.89. The highest BCUT2D eigenvalue weighted by molar-refractivity contribution is 6.30. The first-order valence-corrected chi connectivity index (χ1v) is 6.34. The number of nitrogens with two attached hydrogens (primary N) is 1. The number of rotatable bonds is 4. The van der Waals surface area contributed by atoms with Gasteiger partial charge in [0.1, 0.15) is 12.4 Å². The van der Waals surface area contributed by atoms with Gasteiger partial charge in [-0.15, -0.1) is 0 Å². The van der Waals surface area contributed by atoms with E-state index in [2.05, 4.69) is 0 Å². The number of hydrogen-bond acceptors (Lipinski definition) is 3. The molecule has 0 aliphatic heterocycles. The Morgan fingerprint density at radius 1 is 1.35 bits per heavy atom. The maximum atomic E-state index is 10.2. The van der Waals surface area contributed by atoms with Crippen molar-refractivity contribution in [3.05, 3.63) is 28.8 Å². The Bertz CT molecular complexity index is 389. The van der Waals surface area contributed by atoms with Gasteiger partial charge in [-0.05, 0) is 31.0 Å². The molecule has 0 radical (unpaired) electrons. The lowest BCUT2D eigenvalue weighted by molar-refractivity contribution is 0.00115. The van der Waals surface area contributed by atoms with Crippen LogP contribution in [0.4, 0.5) is 0 Å². The molecule has 17 heavy (non-hydrogen) atoms. The van der Waals surface area contributed by atoms with Crippen LogP contribution in [0.3, 0.4) is 0 Å². The minimum atomic E-state index is -0.661. The van der Waals surface area contributed by atoms with Gasteiger partial charge in [0.2, 0.25) is 0 Å². The summed E-state index contributed by atoms with van der Waals surface area (Å²) in [5, 5.41) is 10.8. The molecule has 0 bridgehead atoms. The molecule has 1 aromatic carbocycles. The van der Waals surface area contributed by atoms with E-state index in [0.29, 0.717) is 18.2 Å². The van der Waals surface area contributed by atoms with Crippen LogP contribution in [0, 0.1) is 0 Å². The Morgan fingerprint density at radius 3 is 2.71 bits per heavy atom. The van der Waals surface area contributed by atoms with E-state index in [1.54, 1.807) is 12.1 Å². The molecule has 0 heterocycles. The lowest BCUT2D eigenvalue weighted by Crippen LogP contribution is -2.32. The highest BCUT2D eigenvalue weighted by Crippen LogP contribution is 2.31. The minimum Gasteiger partial charge on any atom is -0.490 e. The summed E-state index contributed by atoms with van der Waals surface area (Å²) in [6, 6.07) is 5.38. The van der Waals surface area contributed by atoms with Crippen molar-refractivity contribution in [3.8, 4) is 5.75 Å². The number of benzene rings is 1. The molecule has 4 heteroatoms. The van der Waals surface area contributed by atoms with Gasteiger partial charge in [-0.1, -0.05) is 24.4 Å². The van der Waals surface area contributed by atoms with Crippen LogP contribution in [-0.4, -0.2) is 17.3 Å². The second-order valence-electron chi connectivity index (χ2n) is 4.68. The third kappa shape index (κ3) is 3.12. The molecular formula is C13H18ClNO2. The van der Waals surface area contributed by atoms with Crippen molar-refractivity contribution in [2.75, 3.05) is 6.61 Å². The molecule has 2 rings (SSSR count). The third-order valence-electron chi connectivity index (χ3n) is 3.27. The second-order valence-corrected chi connectivity index (χ2v) is 5.11. The first kappa shape index (κ1) is 12.7. The van der Waals surface area contributed by atoms with Crippen LogP contribution >= 0.6 is 11.6 Å². The van der Waals surface area contributed by atoms with Gasteiger partial charge in [-0.25, -0.2) is 0 Å². The highest BCUT2D eigenvalue weighted by Gasteiger charge is 2.32. The van der Waals surface area contributed by atoms with E-state index in [1.165, 1.54) is 0 Å². The highest BCUT2D eigenvalue weighted by atomic mass is 35.5. The molecule has 1 saturated carbocycles. The van der Waals surface area contributed by atoms with E-state index in [9.17, 15) is 5.11 Å². The van der Waals surface area contributed by atoms with Crippen LogP contribution < -0.4 is 10.5 Å². The van der Waals surface area contributed by atoms with Crippen LogP contribution in [0.2, 0.25) is 5.02 Å². The van der Waals surface area contributed by atoms with Gasteiger partial charge in [0.25, 0.3) is 0 Å². The topological polar surface area (TPSA) is 55.5 Å². The van der Waals surface area contributed by atoms with Gasteiger partial charge in [-0.3, -0.25) is 0 Å². The molecule has 0 amide bonds. The van der Waals surface area contributed by atoms with E-state index in [4.69, 9.17) is 22.1 Å². The molecule has 1 aliphatic rings. The van der Waals surface area contributed by atoms with Crippen molar-refractivity contribution in [1.29, 1.82) is 0 Å². The molecule has 0 unspecified atom stereocenters. The summed E-state index contributed by atoms with van der Waals surface area (Å²) in [5.41, 5.74) is 5.85. The Balaban J connectivity index is 2.03. The van der Waals surface area contributed by atoms with E-state index in [1.807, 2.05) is 6.07 Å². The van der Waals surface area contributed by atoms with Crippen LogP contribution in [0.15, 0.2) is 18.2 Å². The first-order valence-electron chi connectivity index (χ1n) is 5.97. The fraction of sp³-hybridized carbons (Fsp3) is 0.538. The lowest BCUT2D eigenvalue weighted by atomic mass is 10.0. The maximum absolute atomic E-state index is 10.2. The van der Waals surface area contributed by atoms with Crippen molar-refractivity contribution in [3.63, 3.8) is 0 Å². The number of aliphatic hydroxyl groups is 1. The van der Waals surface area contributed by atoms with Crippen LogP contribution in [0.5, 0.6) is 5.75 Å². The molecule has 3 N–H and O–H groups in total. The SMILES string of the molecule is NCc1cc(Cl)ccc1OCC1(O)CCCC1. The molecule has 3 nitrogen and oxygen atoms in total. The number of ether oxygens (including phenoxy) is 1. The van der Waals surface area contributed by atoms with Crippen molar-refractivity contribution < 1.29 is 9.84 Å². The Hall–Kier alpha value is -0.770. The van der Waals surface area contributed by atoms with Crippen LogP contribution in [-0.2, 0) is 6.54 Å². The largest absolute Gasteiger partial charge is 0.490 e. The van der Waals surface area contributed by atoms with Crippen molar-refractivity contribution in [2.24, 2.45) is 5.73 Å². The molecular weight excluding hydrogens is 238 g/mol. The van der Waals surface area contributed by atoms with Crippen LogP contribution in [0.1, 0.15) is 31.2 Å². The van der Waals surface area contributed by atoms with E-state index >= 15 is 0 Å². The van der Waals surface area contributed by atoms with Gasteiger partial charge in [0.05, 0.1) is 5.60 Å². The molecule has 0 aromatic heterocycles. The van der Waals surface area contributed by atoms with Gasteiger partial charge in [0, 0.05) is 17.1 Å². The summed E-state index contributed by atoms with van der Waals surface area (Å²) in [6.45, 7) is 0.718.